The predicted molar refractivity (Wildman–Crippen MR) is 65.7 cm³/mol. The molecule has 1 unspecified atom stereocenters. The van der Waals surface area contributed by atoms with Crippen LogP contribution in [0.3, 0.4) is 0 Å². The van der Waals surface area contributed by atoms with Gasteiger partial charge in [-0.3, -0.25) is 0 Å². The Hall–Kier alpha value is -1.26. The molecular weight excluding hydrogens is 182 g/mol. The Balaban J connectivity index is 2.75. The van der Waals surface area contributed by atoms with Crippen molar-refractivity contribution in [2.24, 2.45) is 5.73 Å². The zero-order chi connectivity index (χ0) is 11.3. The Morgan fingerprint density at radius 2 is 1.80 bits per heavy atom. The van der Waals surface area contributed by atoms with Gasteiger partial charge >= 0.3 is 0 Å². The topological polar surface area (TPSA) is 26.0 Å². The van der Waals surface area contributed by atoms with E-state index >= 15 is 0 Å². The highest BCUT2D eigenvalue weighted by molar-refractivity contribution is 5.37. The monoisotopic (exact) mass is 201 g/mol. The van der Waals surface area contributed by atoms with E-state index in [9.17, 15) is 0 Å². The van der Waals surface area contributed by atoms with E-state index in [-0.39, 0.29) is 6.04 Å². The summed E-state index contributed by atoms with van der Waals surface area (Å²) in [7, 11) is 0. The first-order valence-corrected chi connectivity index (χ1v) is 5.50. The molecule has 1 heteroatoms. The molecule has 15 heavy (non-hydrogen) atoms. The minimum absolute atomic E-state index is 0.00484. The van der Waals surface area contributed by atoms with Gasteiger partial charge in [0.1, 0.15) is 0 Å². The number of benzene rings is 1. The molecule has 0 spiro atoms. The van der Waals surface area contributed by atoms with Crippen LogP contribution in [0, 0.1) is 11.8 Å². The second-order valence-electron chi connectivity index (χ2n) is 4.06. The molecule has 0 amide bonds. The van der Waals surface area contributed by atoms with Crippen LogP contribution < -0.4 is 5.73 Å². The van der Waals surface area contributed by atoms with Crippen LogP contribution in [0.2, 0.25) is 0 Å². The van der Waals surface area contributed by atoms with Gasteiger partial charge in [-0.25, -0.2) is 0 Å². The largest absolute Gasteiger partial charge is 0.318 e. The summed E-state index contributed by atoms with van der Waals surface area (Å²) in [5.41, 5.74) is 8.12. The first kappa shape index (κ1) is 11.8. The molecule has 0 saturated heterocycles. The van der Waals surface area contributed by atoms with E-state index < -0.39 is 0 Å². The average Bonchev–Trinajstić information content (AvgIpc) is 2.26. The zero-order valence-corrected chi connectivity index (χ0v) is 9.75. The van der Waals surface area contributed by atoms with E-state index in [2.05, 4.69) is 50.0 Å². The minimum atomic E-state index is -0.00484. The van der Waals surface area contributed by atoms with Gasteiger partial charge in [0.25, 0.3) is 0 Å². The standard InChI is InChI=1S/C14H19N/c1-4-14(15)10-7-12-5-8-13(9-6-12)11(2)3/h5-6,8-9,11,14H,4,15H2,1-3H3. The summed E-state index contributed by atoms with van der Waals surface area (Å²) in [5.74, 6) is 6.69. The highest BCUT2D eigenvalue weighted by Gasteiger charge is 1.97. The molecule has 1 atom stereocenters. The normalized spacial score (nSPS) is 12.1. The van der Waals surface area contributed by atoms with Crippen molar-refractivity contribution in [3.63, 3.8) is 0 Å². The third-order valence-electron chi connectivity index (χ3n) is 2.42. The highest BCUT2D eigenvalue weighted by Crippen LogP contribution is 2.14. The third-order valence-corrected chi connectivity index (χ3v) is 2.42. The van der Waals surface area contributed by atoms with Crippen molar-refractivity contribution >= 4 is 0 Å². The molecule has 1 aromatic rings. The maximum Gasteiger partial charge on any atom is 0.0665 e. The molecular formula is C14H19N. The molecule has 1 nitrogen and oxygen atoms in total. The molecule has 0 aliphatic heterocycles. The van der Waals surface area contributed by atoms with E-state index in [0.717, 1.165) is 12.0 Å². The van der Waals surface area contributed by atoms with Crippen molar-refractivity contribution in [2.45, 2.75) is 39.2 Å². The van der Waals surface area contributed by atoms with Crippen LogP contribution in [-0.4, -0.2) is 6.04 Å². The quantitative estimate of drug-likeness (QED) is 0.731. The fourth-order valence-electron chi connectivity index (χ4n) is 1.23. The van der Waals surface area contributed by atoms with Crippen molar-refractivity contribution in [1.29, 1.82) is 0 Å². The van der Waals surface area contributed by atoms with Crippen molar-refractivity contribution in [1.82, 2.24) is 0 Å². The van der Waals surface area contributed by atoms with Gasteiger partial charge in [-0.05, 0) is 30.0 Å². The number of hydrogen-bond donors (Lipinski definition) is 1. The molecule has 0 aromatic heterocycles. The fourth-order valence-corrected chi connectivity index (χ4v) is 1.23. The average molecular weight is 201 g/mol. The van der Waals surface area contributed by atoms with Crippen molar-refractivity contribution in [3.05, 3.63) is 35.4 Å². The van der Waals surface area contributed by atoms with Crippen molar-refractivity contribution < 1.29 is 0 Å². The van der Waals surface area contributed by atoms with Crippen LogP contribution in [-0.2, 0) is 0 Å². The van der Waals surface area contributed by atoms with Gasteiger partial charge < -0.3 is 5.73 Å². The summed E-state index contributed by atoms with van der Waals surface area (Å²) in [6.45, 7) is 6.42. The lowest BCUT2D eigenvalue weighted by Gasteiger charge is -2.03. The predicted octanol–water partition coefficient (Wildman–Crippen LogP) is 2.90. The van der Waals surface area contributed by atoms with E-state index in [1.54, 1.807) is 0 Å². The first-order chi connectivity index (χ1) is 7.13. The molecule has 0 fully saturated rings. The van der Waals surface area contributed by atoms with E-state index in [4.69, 9.17) is 5.73 Å². The fraction of sp³-hybridized carbons (Fsp3) is 0.429. The summed E-state index contributed by atoms with van der Waals surface area (Å²) in [6, 6.07) is 8.38. The van der Waals surface area contributed by atoms with Gasteiger partial charge in [-0.1, -0.05) is 44.7 Å². The van der Waals surface area contributed by atoms with Gasteiger partial charge in [0.05, 0.1) is 6.04 Å². The van der Waals surface area contributed by atoms with E-state index in [0.29, 0.717) is 5.92 Å². The maximum absolute atomic E-state index is 5.73. The van der Waals surface area contributed by atoms with Crippen molar-refractivity contribution in [2.75, 3.05) is 0 Å². The highest BCUT2D eigenvalue weighted by atomic mass is 14.6. The molecule has 0 heterocycles. The molecule has 1 aromatic carbocycles. The number of nitrogens with two attached hydrogens (primary N) is 1. The second-order valence-corrected chi connectivity index (χ2v) is 4.06. The van der Waals surface area contributed by atoms with Crippen LogP contribution in [0.15, 0.2) is 24.3 Å². The van der Waals surface area contributed by atoms with Gasteiger partial charge in [-0.15, -0.1) is 0 Å². The maximum atomic E-state index is 5.73. The molecule has 0 bridgehead atoms. The molecule has 0 aliphatic carbocycles. The lowest BCUT2D eigenvalue weighted by Crippen LogP contribution is -2.15. The van der Waals surface area contributed by atoms with E-state index in [1.807, 2.05) is 6.92 Å². The zero-order valence-electron chi connectivity index (χ0n) is 9.75. The van der Waals surface area contributed by atoms with Crippen molar-refractivity contribution in [3.8, 4) is 11.8 Å². The summed E-state index contributed by atoms with van der Waals surface area (Å²) in [6.07, 6.45) is 0.900. The van der Waals surface area contributed by atoms with Gasteiger partial charge in [0.15, 0.2) is 0 Å². The smallest absolute Gasteiger partial charge is 0.0665 e. The number of hydrogen-bond acceptors (Lipinski definition) is 1. The Bertz CT molecular complexity index is 351. The molecule has 80 valence electrons. The lowest BCUT2D eigenvalue weighted by atomic mass is 10.0. The van der Waals surface area contributed by atoms with E-state index in [1.165, 1.54) is 5.56 Å². The molecule has 0 aliphatic rings. The molecule has 2 N–H and O–H groups in total. The molecule has 0 saturated carbocycles. The van der Waals surface area contributed by atoms with Gasteiger partial charge in [0.2, 0.25) is 0 Å². The Morgan fingerprint density at radius 3 is 2.27 bits per heavy atom. The summed E-state index contributed by atoms with van der Waals surface area (Å²) in [5, 5.41) is 0. The molecule has 1 rings (SSSR count). The lowest BCUT2D eigenvalue weighted by molar-refractivity contribution is 0.806. The summed E-state index contributed by atoms with van der Waals surface area (Å²) < 4.78 is 0. The Labute approximate surface area is 92.7 Å². The van der Waals surface area contributed by atoms with Crippen LogP contribution in [0.5, 0.6) is 0 Å². The third kappa shape index (κ3) is 3.77. The van der Waals surface area contributed by atoms with Crippen LogP contribution in [0.1, 0.15) is 44.2 Å². The van der Waals surface area contributed by atoms with Crippen LogP contribution in [0.4, 0.5) is 0 Å². The second kappa shape index (κ2) is 5.58. The number of rotatable bonds is 2. The molecule has 0 radical (unpaired) electrons. The first-order valence-electron chi connectivity index (χ1n) is 5.50. The van der Waals surface area contributed by atoms with Crippen LogP contribution in [0.25, 0.3) is 0 Å². The summed E-state index contributed by atoms with van der Waals surface area (Å²) >= 11 is 0. The Morgan fingerprint density at radius 1 is 1.20 bits per heavy atom. The van der Waals surface area contributed by atoms with Gasteiger partial charge in [-0.2, -0.15) is 0 Å². The van der Waals surface area contributed by atoms with Gasteiger partial charge in [0, 0.05) is 5.56 Å². The van der Waals surface area contributed by atoms with Crippen LogP contribution >= 0.6 is 0 Å². The summed E-state index contributed by atoms with van der Waals surface area (Å²) in [4.78, 5) is 0. The minimum Gasteiger partial charge on any atom is -0.318 e. The Kier molecular flexibility index (Phi) is 4.39. The SMILES string of the molecule is CCC(N)C#Cc1ccc(C(C)C)cc1.